The SMILES string of the molecule is C.C.C.C=CNCC.CC=NCC.CCNCC.CC[N-]CC.[H-].[H-].[HH].[Na+].[Na+].[Na+]. The first-order chi connectivity index (χ1) is 9.66. The Kier molecular flexibility index (Phi) is 225. The van der Waals surface area contributed by atoms with Crippen molar-refractivity contribution in [3.8, 4) is 0 Å². The van der Waals surface area contributed by atoms with Crippen LogP contribution in [0.4, 0.5) is 0 Å². The molecule has 0 radical (unpaired) electrons. The fraction of sp³-hybridized carbons (Fsp3) is 0.842. The number of nitrogens with one attached hydrogen (secondary N) is 2. The molecule has 0 aliphatic rings. The quantitative estimate of drug-likeness (QED) is 0.354. The molecule has 26 heavy (non-hydrogen) atoms. The molecule has 0 aromatic heterocycles. The summed E-state index contributed by atoms with van der Waals surface area (Å²) >= 11 is 0. The third kappa shape index (κ3) is 161. The van der Waals surface area contributed by atoms with Crippen molar-refractivity contribution < 1.29 is 93.0 Å². The monoisotopic (exact) mass is 408 g/mol. The van der Waals surface area contributed by atoms with Crippen LogP contribution in [0.3, 0.4) is 0 Å². The first kappa shape index (κ1) is 63.0. The Bertz CT molecular complexity index is 166. The maximum absolute atomic E-state index is 3.97. The van der Waals surface area contributed by atoms with E-state index in [9.17, 15) is 0 Å². The topological polar surface area (TPSA) is 50.5 Å². The second kappa shape index (κ2) is 92.8. The minimum Gasteiger partial charge on any atom is -1.00 e. The molecule has 0 aliphatic carbocycles. The van der Waals surface area contributed by atoms with Crippen LogP contribution in [0.15, 0.2) is 17.8 Å². The van der Waals surface area contributed by atoms with Gasteiger partial charge in [0, 0.05) is 14.5 Å². The molecule has 0 spiro atoms. The maximum atomic E-state index is 3.97. The van der Waals surface area contributed by atoms with Crippen LogP contribution in [0.2, 0.25) is 0 Å². The van der Waals surface area contributed by atoms with Crippen LogP contribution in [0, 0.1) is 0 Å². The first-order valence-electron chi connectivity index (χ1n) is 7.78. The molecule has 7 heteroatoms. The molecule has 154 valence electrons. The molecule has 0 amide bonds. The number of hydrogen-bond donors (Lipinski definition) is 2. The number of aliphatic imine (C=N–C) groups is 1. The van der Waals surface area contributed by atoms with E-state index in [4.69, 9.17) is 0 Å². The van der Waals surface area contributed by atoms with Gasteiger partial charge in [-0.05, 0) is 46.3 Å². The van der Waals surface area contributed by atoms with Crippen molar-refractivity contribution >= 4 is 6.21 Å². The number of rotatable bonds is 7. The molecule has 0 aliphatic heterocycles. The molecule has 0 saturated carbocycles. The van der Waals surface area contributed by atoms with Gasteiger partial charge >= 0.3 is 88.7 Å². The fourth-order valence-electron chi connectivity index (χ4n) is 0.801. The standard InChI is InChI=1S/C4H11N.C4H10N.2C4H9N.3CH4.3Na.H2.2H/c4*1-3-5-4-2;;;;;;;;;/h5H,3-4H2,1-2H3;3-4H2,1-2H3;3H,4H2,1-2H3;3,5H,1,4H2,2H3;3*1H4;;;;1H;;/q;-1;;;;;;3*+1;;2*-1. The van der Waals surface area contributed by atoms with Gasteiger partial charge in [0.2, 0.25) is 0 Å². The molecule has 0 atom stereocenters. The van der Waals surface area contributed by atoms with Crippen LogP contribution in [-0.4, -0.2) is 45.5 Å². The molecule has 4 nitrogen and oxygen atoms in total. The fourth-order valence-corrected chi connectivity index (χ4v) is 0.801. The Morgan fingerprint density at radius 3 is 1.27 bits per heavy atom. The Balaban J connectivity index is -0.00000000970. The molecule has 0 aromatic rings. The Hall–Kier alpha value is 2.13. The second-order valence-corrected chi connectivity index (χ2v) is 3.33. The largest absolute Gasteiger partial charge is 1.00 e. The van der Waals surface area contributed by atoms with Gasteiger partial charge in [0.25, 0.3) is 0 Å². The minimum atomic E-state index is 0. The normalized spacial score (nSPS) is 6.42. The molecular formula is C19H55N4Na3. The summed E-state index contributed by atoms with van der Waals surface area (Å²) in [6.45, 7) is 23.7. The Morgan fingerprint density at radius 1 is 0.885 bits per heavy atom. The number of nitrogens with zero attached hydrogens (tertiary/aromatic N) is 2. The summed E-state index contributed by atoms with van der Waals surface area (Å²) in [7, 11) is 0. The van der Waals surface area contributed by atoms with Crippen molar-refractivity contribution in [3.63, 3.8) is 0 Å². The van der Waals surface area contributed by atoms with E-state index < -0.39 is 0 Å². The van der Waals surface area contributed by atoms with Crippen molar-refractivity contribution in [3.05, 3.63) is 18.1 Å². The van der Waals surface area contributed by atoms with Gasteiger partial charge in [-0.25, -0.2) is 0 Å². The van der Waals surface area contributed by atoms with Crippen LogP contribution in [0.1, 0.15) is 75.0 Å². The molecule has 0 bridgehead atoms. The van der Waals surface area contributed by atoms with Crippen molar-refractivity contribution in [1.82, 2.24) is 10.6 Å². The smallest absolute Gasteiger partial charge is 1.00 e. The van der Waals surface area contributed by atoms with E-state index in [1.54, 1.807) is 12.4 Å². The van der Waals surface area contributed by atoms with E-state index in [0.29, 0.717) is 0 Å². The molecule has 0 saturated heterocycles. The molecule has 0 fully saturated rings. The second-order valence-electron chi connectivity index (χ2n) is 3.33. The third-order valence-electron chi connectivity index (χ3n) is 1.66. The van der Waals surface area contributed by atoms with Gasteiger partial charge in [-0.15, -0.1) is 0 Å². The number of hydrogen-bond acceptors (Lipinski definition) is 3. The van der Waals surface area contributed by atoms with E-state index in [-0.39, 0.29) is 115 Å². The van der Waals surface area contributed by atoms with Crippen LogP contribution >= 0.6 is 0 Å². The summed E-state index contributed by atoms with van der Waals surface area (Å²) < 4.78 is 0. The predicted molar refractivity (Wildman–Crippen MR) is 122 cm³/mol. The summed E-state index contributed by atoms with van der Waals surface area (Å²) in [5.41, 5.74) is 0. The van der Waals surface area contributed by atoms with Crippen molar-refractivity contribution in [2.45, 2.75) is 70.7 Å². The summed E-state index contributed by atoms with van der Waals surface area (Å²) in [6, 6.07) is 0. The van der Waals surface area contributed by atoms with E-state index >= 15 is 0 Å². The summed E-state index contributed by atoms with van der Waals surface area (Å²) in [5, 5.41) is 9.96. The minimum absolute atomic E-state index is 0. The zero-order valence-corrected chi connectivity index (χ0v) is 24.0. The Morgan fingerprint density at radius 2 is 1.27 bits per heavy atom. The van der Waals surface area contributed by atoms with Crippen LogP contribution in [0.5, 0.6) is 0 Å². The first-order valence-corrected chi connectivity index (χ1v) is 7.78. The molecule has 0 unspecified atom stereocenters. The van der Waals surface area contributed by atoms with Gasteiger partial charge in [0.15, 0.2) is 0 Å². The van der Waals surface area contributed by atoms with Crippen molar-refractivity contribution in [2.75, 3.05) is 39.3 Å². The predicted octanol–water partition coefficient (Wildman–Crippen LogP) is -2.76. The summed E-state index contributed by atoms with van der Waals surface area (Å²) in [6.07, 6.45) is 3.49. The van der Waals surface area contributed by atoms with Gasteiger partial charge < -0.3 is 18.8 Å². The van der Waals surface area contributed by atoms with E-state index in [1.165, 1.54) is 0 Å². The van der Waals surface area contributed by atoms with E-state index in [2.05, 4.69) is 41.4 Å². The van der Waals surface area contributed by atoms with Crippen molar-refractivity contribution in [1.29, 1.82) is 0 Å². The van der Waals surface area contributed by atoms with Crippen LogP contribution in [-0.2, 0) is 0 Å². The van der Waals surface area contributed by atoms with Gasteiger partial charge in [0.1, 0.15) is 0 Å². The maximum Gasteiger partial charge on any atom is 1.00 e. The average molecular weight is 409 g/mol. The van der Waals surface area contributed by atoms with Crippen LogP contribution in [0.25, 0.3) is 5.32 Å². The van der Waals surface area contributed by atoms with Gasteiger partial charge in [-0.3, -0.25) is 4.99 Å². The molecule has 2 N–H and O–H groups in total. The summed E-state index contributed by atoms with van der Waals surface area (Å²) in [4.78, 5) is 3.85. The molecule has 0 heterocycles. The zero-order valence-electron chi connectivity index (χ0n) is 20.0. The summed E-state index contributed by atoms with van der Waals surface area (Å²) in [5.74, 6) is 0. The van der Waals surface area contributed by atoms with Crippen LogP contribution < -0.4 is 99.3 Å². The van der Waals surface area contributed by atoms with Gasteiger partial charge in [-0.2, -0.15) is 13.1 Å². The Labute approximate surface area is 240 Å². The van der Waals surface area contributed by atoms with E-state index in [1.807, 2.05) is 34.6 Å². The van der Waals surface area contributed by atoms with E-state index in [0.717, 1.165) is 39.3 Å². The molecular weight excluding hydrogens is 353 g/mol. The molecule has 0 aromatic carbocycles. The zero-order chi connectivity index (χ0) is 16.5. The van der Waals surface area contributed by atoms with Crippen molar-refractivity contribution in [2.24, 2.45) is 4.99 Å². The third-order valence-corrected chi connectivity index (χ3v) is 1.66. The van der Waals surface area contributed by atoms with Gasteiger partial charge in [0.05, 0.1) is 0 Å². The average Bonchev–Trinajstić information content (AvgIpc) is 2.44. The van der Waals surface area contributed by atoms with Gasteiger partial charge in [-0.1, -0.05) is 56.6 Å². The molecule has 0 rings (SSSR count).